The molecule has 0 aliphatic heterocycles. The third-order valence-electron chi connectivity index (χ3n) is 2.46. The topological polar surface area (TPSA) is 23.5 Å². The first-order valence-electron chi connectivity index (χ1n) is 5.20. The fourth-order valence-electron chi connectivity index (χ4n) is 1.48. The number of nitrogens with zero attached hydrogens (tertiary/aromatic N) is 1. The van der Waals surface area contributed by atoms with Gasteiger partial charge in [0.15, 0.2) is 0 Å². The normalized spacial score (nSPS) is 17.2. The molecule has 0 saturated heterocycles. The van der Waals surface area contributed by atoms with Crippen molar-refractivity contribution in [2.45, 2.75) is 32.6 Å². The quantitative estimate of drug-likeness (QED) is 0.627. The molecule has 0 bridgehead atoms. The largest absolute Gasteiger partial charge is 0.395 e. The van der Waals surface area contributed by atoms with Crippen LogP contribution in [-0.2, 0) is 0 Å². The van der Waals surface area contributed by atoms with Gasteiger partial charge in [-0.1, -0.05) is 13.3 Å². The van der Waals surface area contributed by atoms with Crippen LogP contribution in [0.25, 0.3) is 0 Å². The van der Waals surface area contributed by atoms with Gasteiger partial charge in [0.05, 0.1) is 6.61 Å². The number of rotatable bonds is 7. The van der Waals surface area contributed by atoms with E-state index >= 15 is 0 Å². The highest BCUT2D eigenvalue weighted by Crippen LogP contribution is 2.29. The van der Waals surface area contributed by atoms with Gasteiger partial charge in [-0.15, -0.1) is 0 Å². The highest BCUT2D eigenvalue weighted by atomic mass is 16.3. The van der Waals surface area contributed by atoms with Crippen molar-refractivity contribution in [1.82, 2.24) is 4.90 Å². The van der Waals surface area contributed by atoms with Crippen LogP contribution in [0.15, 0.2) is 0 Å². The van der Waals surface area contributed by atoms with E-state index in [2.05, 4.69) is 11.8 Å². The van der Waals surface area contributed by atoms with Gasteiger partial charge in [0.1, 0.15) is 0 Å². The molecule has 0 amide bonds. The summed E-state index contributed by atoms with van der Waals surface area (Å²) < 4.78 is 0. The van der Waals surface area contributed by atoms with Crippen molar-refractivity contribution in [2.24, 2.45) is 5.92 Å². The minimum Gasteiger partial charge on any atom is -0.395 e. The maximum Gasteiger partial charge on any atom is 0.0558 e. The molecule has 1 rings (SSSR count). The third kappa shape index (κ3) is 4.07. The van der Waals surface area contributed by atoms with Gasteiger partial charge in [0.2, 0.25) is 0 Å². The molecular formula is C10H21NO. The Hall–Kier alpha value is -0.0800. The summed E-state index contributed by atoms with van der Waals surface area (Å²) in [5.41, 5.74) is 0. The second-order valence-electron chi connectivity index (χ2n) is 3.82. The lowest BCUT2D eigenvalue weighted by Gasteiger charge is -2.20. The molecule has 72 valence electrons. The number of hydrogen-bond donors (Lipinski definition) is 1. The molecule has 0 aromatic carbocycles. The monoisotopic (exact) mass is 171 g/mol. The maximum atomic E-state index is 8.83. The second-order valence-corrected chi connectivity index (χ2v) is 3.82. The average molecular weight is 171 g/mol. The van der Waals surface area contributed by atoms with Crippen LogP contribution in [0.3, 0.4) is 0 Å². The molecule has 0 unspecified atom stereocenters. The lowest BCUT2D eigenvalue weighted by molar-refractivity contribution is 0.188. The Bertz CT molecular complexity index is 112. The van der Waals surface area contributed by atoms with Crippen LogP contribution in [-0.4, -0.2) is 36.2 Å². The summed E-state index contributed by atoms with van der Waals surface area (Å²) in [5.74, 6) is 0.952. The lowest BCUT2D eigenvalue weighted by Crippen LogP contribution is -2.30. The molecule has 0 spiro atoms. The van der Waals surface area contributed by atoms with Crippen LogP contribution in [0.5, 0.6) is 0 Å². The number of aliphatic hydroxyl groups excluding tert-OH is 1. The van der Waals surface area contributed by atoms with Gasteiger partial charge in [-0.25, -0.2) is 0 Å². The number of aliphatic hydroxyl groups is 1. The maximum absolute atomic E-state index is 8.83. The van der Waals surface area contributed by atoms with E-state index < -0.39 is 0 Å². The first-order chi connectivity index (χ1) is 5.86. The Morgan fingerprint density at radius 1 is 1.33 bits per heavy atom. The molecule has 0 radical (unpaired) electrons. The Kier molecular flexibility index (Phi) is 4.62. The van der Waals surface area contributed by atoms with E-state index in [0.29, 0.717) is 6.61 Å². The van der Waals surface area contributed by atoms with Gasteiger partial charge in [-0.3, -0.25) is 0 Å². The molecule has 0 aromatic rings. The Labute approximate surface area is 75.6 Å². The summed E-state index contributed by atoms with van der Waals surface area (Å²) in [7, 11) is 0. The molecule has 0 heterocycles. The van der Waals surface area contributed by atoms with Crippen molar-refractivity contribution < 1.29 is 5.11 Å². The third-order valence-corrected chi connectivity index (χ3v) is 2.46. The molecule has 12 heavy (non-hydrogen) atoms. The van der Waals surface area contributed by atoms with E-state index in [4.69, 9.17) is 5.11 Å². The van der Waals surface area contributed by atoms with Gasteiger partial charge in [0.25, 0.3) is 0 Å². The van der Waals surface area contributed by atoms with Crippen molar-refractivity contribution in [1.29, 1.82) is 0 Å². The van der Waals surface area contributed by atoms with Crippen LogP contribution >= 0.6 is 0 Å². The second kappa shape index (κ2) is 5.55. The van der Waals surface area contributed by atoms with Gasteiger partial charge in [-0.05, 0) is 31.7 Å². The zero-order valence-electron chi connectivity index (χ0n) is 8.13. The molecule has 1 aliphatic carbocycles. The van der Waals surface area contributed by atoms with Gasteiger partial charge in [0, 0.05) is 13.1 Å². The van der Waals surface area contributed by atoms with Crippen molar-refractivity contribution in [3.05, 3.63) is 0 Å². The van der Waals surface area contributed by atoms with E-state index in [1.54, 1.807) is 0 Å². The SMILES string of the molecule is CCCCN(CCO)CC1CC1. The fraction of sp³-hybridized carbons (Fsp3) is 1.00. The molecule has 1 saturated carbocycles. The first kappa shape index (κ1) is 10.0. The average Bonchev–Trinajstić information content (AvgIpc) is 2.84. The van der Waals surface area contributed by atoms with Crippen molar-refractivity contribution in [2.75, 3.05) is 26.2 Å². The van der Waals surface area contributed by atoms with E-state index in [9.17, 15) is 0 Å². The Morgan fingerprint density at radius 3 is 2.58 bits per heavy atom. The van der Waals surface area contributed by atoms with Crippen molar-refractivity contribution >= 4 is 0 Å². The van der Waals surface area contributed by atoms with Crippen LogP contribution in [0, 0.1) is 5.92 Å². The van der Waals surface area contributed by atoms with Gasteiger partial charge < -0.3 is 10.0 Å². The molecule has 2 heteroatoms. The first-order valence-corrected chi connectivity index (χ1v) is 5.20. The molecule has 1 aliphatic rings. The van der Waals surface area contributed by atoms with Crippen molar-refractivity contribution in [3.63, 3.8) is 0 Å². The molecule has 1 fully saturated rings. The zero-order chi connectivity index (χ0) is 8.81. The standard InChI is InChI=1S/C10H21NO/c1-2-3-6-11(7-8-12)9-10-4-5-10/h10,12H,2-9H2,1H3. The summed E-state index contributed by atoms with van der Waals surface area (Å²) in [6.45, 7) is 5.80. The summed E-state index contributed by atoms with van der Waals surface area (Å²) in [5, 5.41) is 8.83. The van der Waals surface area contributed by atoms with Gasteiger partial charge in [-0.2, -0.15) is 0 Å². The molecule has 1 N–H and O–H groups in total. The Morgan fingerprint density at radius 2 is 2.08 bits per heavy atom. The minimum absolute atomic E-state index is 0.316. The van der Waals surface area contributed by atoms with E-state index in [1.807, 2.05) is 0 Å². The zero-order valence-corrected chi connectivity index (χ0v) is 8.13. The number of hydrogen-bond acceptors (Lipinski definition) is 2. The molecule has 0 atom stereocenters. The number of unbranched alkanes of at least 4 members (excludes halogenated alkanes) is 1. The summed E-state index contributed by atoms with van der Waals surface area (Å²) in [6.07, 6.45) is 5.35. The van der Waals surface area contributed by atoms with Gasteiger partial charge >= 0.3 is 0 Å². The molecular weight excluding hydrogens is 150 g/mol. The van der Waals surface area contributed by atoms with E-state index in [-0.39, 0.29) is 0 Å². The highest BCUT2D eigenvalue weighted by molar-refractivity contribution is 4.77. The molecule has 2 nitrogen and oxygen atoms in total. The summed E-state index contributed by atoms with van der Waals surface area (Å²) >= 11 is 0. The predicted molar refractivity (Wildman–Crippen MR) is 51.2 cm³/mol. The fourth-order valence-corrected chi connectivity index (χ4v) is 1.48. The van der Waals surface area contributed by atoms with Crippen LogP contribution in [0.1, 0.15) is 32.6 Å². The summed E-state index contributed by atoms with van der Waals surface area (Å²) in [4.78, 5) is 2.40. The lowest BCUT2D eigenvalue weighted by atomic mass is 10.3. The van der Waals surface area contributed by atoms with Crippen LogP contribution in [0.2, 0.25) is 0 Å². The van der Waals surface area contributed by atoms with Crippen LogP contribution in [0.4, 0.5) is 0 Å². The summed E-state index contributed by atoms with van der Waals surface area (Å²) in [6, 6.07) is 0. The predicted octanol–water partition coefficient (Wildman–Crippen LogP) is 1.49. The van der Waals surface area contributed by atoms with Crippen molar-refractivity contribution in [3.8, 4) is 0 Å². The Balaban J connectivity index is 2.07. The van der Waals surface area contributed by atoms with Crippen LogP contribution < -0.4 is 0 Å². The van der Waals surface area contributed by atoms with E-state index in [0.717, 1.165) is 12.5 Å². The molecule has 0 aromatic heterocycles. The minimum atomic E-state index is 0.316. The highest BCUT2D eigenvalue weighted by Gasteiger charge is 2.23. The van der Waals surface area contributed by atoms with E-state index in [1.165, 1.54) is 38.8 Å². The smallest absolute Gasteiger partial charge is 0.0558 e.